The molecule has 2 aromatic carbocycles. The fraction of sp³-hybridized carbons (Fsp3) is 0.294. The second kappa shape index (κ2) is 8.16. The van der Waals surface area contributed by atoms with Crippen molar-refractivity contribution in [2.75, 3.05) is 31.2 Å². The largest absolute Gasteiger partial charge is 0.378 e. The first-order valence-corrected chi connectivity index (χ1v) is 11.4. The highest BCUT2D eigenvalue weighted by Crippen LogP contribution is 2.36. The van der Waals surface area contributed by atoms with Crippen LogP contribution in [0.3, 0.4) is 0 Å². The zero-order valence-corrected chi connectivity index (χ0v) is 17.0. The Labute approximate surface area is 168 Å². The molecule has 0 spiro atoms. The number of azo groups is 1. The molecule has 2 N–H and O–H groups in total. The topological polar surface area (TPSA) is 146 Å². The van der Waals surface area contributed by atoms with Gasteiger partial charge in [0, 0.05) is 13.1 Å². The lowest BCUT2D eigenvalue weighted by Crippen LogP contribution is -2.37. The summed E-state index contributed by atoms with van der Waals surface area (Å²) in [6.07, 6.45) is 0. The van der Waals surface area contributed by atoms with E-state index in [1.54, 1.807) is 29.2 Å². The summed E-state index contributed by atoms with van der Waals surface area (Å²) >= 11 is 0. The Kier molecular flexibility index (Phi) is 6.00. The van der Waals surface area contributed by atoms with Gasteiger partial charge >= 0.3 is 0 Å². The first-order valence-electron chi connectivity index (χ1n) is 8.50. The molecule has 0 bridgehead atoms. The van der Waals surface area contributed by atoms with Crippen LogP contribution in [0, 0.1) is 6.92 Å². The molecule has 1 saturated heterocycles. The molecule has 2 aromatic rings. The first kappa shape index (κ1) is 21.3. The van der Waals surface area contributed by atoms with E-state index in [-0.39, 0.29) is 18.8 Å². The maximum absolute atomic E-state index is 11.9. The number of aryl methyl sites for hydroxylation is 1. The van der Waals surface area contributed by atoms with E-state index >= 15 is 0 Å². The van der Waals surface area contributed by atoms with Crippen molar-refractivity contribution in [2.24, 2.45) is 10.2 Å². The normalized spacial score (nSPS) is 15.8. The molecule has 0 radical (unpaired) electrons. The van der Waals surface area contributed by atoms with Gasteiger partial charge < -0.3 is 9.64 Å². The van der Waals surface area contributed by atoms with Crippen LogP contribution in [0.2, 0.25) is 0 Å². The van der Waals surface area contributed by atoms with Gasteiger partial charge in [0.05, 0.1) is 24.6 Å². The van der Waals surface area contributed by atoms with Gasteiger partial charge in [-0.2, -0.15) is 21.9 Å². The Hall–Kier alpha value is -2.38. The van der Waals surface area contributed by atoms with E-state index in [0.717, 1.165) is 17.7 Å². The highest BCUT2D eigenvalue weighted by Gasteiger charge is 2.27. The molecule has 0 amide bonds. The lowest BCUT2D eigenvalue weighted by atomic mass is 10.2. The zero-order chi connectivity index (χ0) is 21.2. The van der Waals surface area contributed by atoms with Gasteiger partial charge in [0.15, 0.2) is 0 Å². The van der Waals surface area contributed by atoms with Gasteiger partial charge in [-0.1, -0.05) is 17.7 Å². The van der Waals surface area contributed by atoms with E-state index in [1.807, 2.05) is 6.92 Å². The Morgan fingerprint density at radius 1 is 0.897 bits per heavy atom. The average molecular weight is 441 g/mol. The summed E-state index contributed by atoms with van der Waals surface area (Å²) in [6, 6.07) is 8.65. The summed E-state index contributed by atoms with van der Waals surface area (Å²) < 4.78 is 72.2. The fourth-order valence-electron chi connectivity index (χ4n) is 2.80. The van der Waals surface area contributed by atoms with Gasteiger partial charge in [-0.15, -0.1) is 5.11 Å². The van der Waals surface area contributed by atoms with Crippen molar-refractivity contribution in [1.82, 2.24) is 0 Å². The summed E-state index contributed by atoms with van der Waals surface area (Å²) in [7, 11) is -9.47. The third-order valence-electron chi connectivity index (χ3n) is 4.26. The molecule has 0 aliphatic carbocycles. The van der Waals surface area contributed by atoms with Gasteiger partial charge in [0.25, 0.3) is 20.2 Å². The van der Waals surface area contributed by atoms with Crippen LogP contribution in [-0.4, -0.2) is 52.2 Å². The molecule has 156 valence electrons. The molecule has 1 heterocycles. The Morgan fingerprint density at radius 3 is 2.03 bits per heavy atom. The predicted molar refractivity (Wildman–Crippen MR) is 104 cm³/mol. The molecule has 0 unspecified atom stereocenters. The highest BCUT2D eigenvalue weighted by atomic mass is 32.2. The monoisotopic (exact) mass is 441 g/mol. The second-order valence-corrected chi connectivity index (χ2v) is 9.15. The van der Waals surface area contributed by atoms with Crippen molar-refractivity contribution in [3.63, 3.8) is 0 Å². The number of hydrogen-bond acceptors (Lipinski definition) is 8. The average Bonchev–Trinajstić information content (AvgIpc) is 2.66. The third-order valence-corrected chi connectivity index (χ3v) is 6.02. The first-order chi connectivity index (χ1) is 13.6. The molecule has 0 saturated carbocycles. The summed E-state index contributed by atoms with van der Waals surface area (Å²) in [5.74, 6) is 0. The summed E-state index contributed by atoms with van der Waals surface area (Å²) in [5.41, 5.74) is 0.879. The number of ether oxygens (including phenoxy) is 1. The molecule has 0 atom stereocenters. The minimum atomic E-state index is -4.76. The van der Waals surface area contributed by atoms with Crippen LogP contribution in [0.15, 0.2) is 56.4 Å². The van der Waals surface area contributed by atoms with Crippen LogP contribution in [0.25, 0.3) is 0 Å². The predicted octanol–water partition coefficient (Wildman–Crippen LogP) is 2.74. The molecule has 0 aromatic heterocycles. The van der Waals surface area contributed by atoms with E-state index in [4.69, 9.17) is 4.74 Å². The number of anilines is 1. The lowest BCUT2D eigenvalue weighted by molar-refractivity contribution is 0.122. The maximum atomic E-state index is 11.9. The van der Waals surface area contributed by atoms with Crippen LogP contribution < -0.4 is 4.90 Å². The zero-order valence-electron chi connectivity index (χ0n) is 15.4. The van der Waals surface area contributed by atoms with E-state index in [2.05, 4.69) is 10.2 Å². The van der Waals surface area contributed by atoms with Gasteiger partial charge in [-0.05, 0) is 31.2 Å². The van der Waals surface area contributed by atoms with E-state index < -0.39 is 35.7 Å². The highest BCUT2D eigenvalue weighted by molar-refractivity contribution is 7.86. The fourth-order valence-corrected chi connectivity index (χ4v) is 4.14. The van der Waals surface area contributed by atoms with Crippen LogP contribution in [-0.2, 0) is 25.0 Å². The van der Waals surface area contributed by atoms with Crippen LogP contribution in [0.1, 0.15) is 5.56 Å². The number of morpholine rings is 1. The minimum Gasteiger partial charge on any atom is -0.378 e. The minimum absolute atomic E-state index is 0.0716. The molecule has 1 aliphatic heterocycles. The molecule has 12 heteroatoms. The molecule has 1 fully saturated rings. The SMILES string of the molecule is Cc1ccc(N=Nc2cc(S(=O)(=O)O)c(N3CCOCC3)cc2S(=O)(=O)O)cc1. The van der Waals surface area contributed by atoms with Crippen molar-refractivity contribution in [1.29, 1.82) is 0 Å². The van der Waals surface area contributed by atoms with E-state index in [0.29, 0.717) is 18.9 Å². The van der Waals surface area contributed by atoms with Crippen molar-refractivity contribution < 1.29 is 30.7 Å². The molecule has 3 rings (SSSR count). The number of benzene rings is 2. The summed E-state index contributed by atoms with van der Waals surface area (Å²) in [6.45, 7) is 3.01. The second-order valence-electron chi connectivity index (χ2n) is 6.37. The standard InChI is InChI=1S/C17H19N3O7S2/c1-12-2-4-13(5-3-12)18-19-14-10-17(29(24,25)26)15(11-16(14)28(21,22)23)20-6-8-27-9-7-20/h2-5,10-11H,6-9H2,1H3,(H,21,22,23)(H,24,25,26). The summed E-state index contributed by atoms with van der Waals surface area (Å²) in [4.78, 5) is 0.384. The Balaban J connectivity index is 2.17. The van der Waals surface area contributed by atoms with Crippen molar-refractivity contribution >= 4 is 37.3 Å². The van der Waals surface area contributed by atoms with Gasteiger partial charge in [0.1, 0.15) is 15.5 Å². The number of nitrogens with zero attached hydrogens (tertiary/aromatic N) is 3. The van der Waals surface area contributed by atoms with Crippen LogP contribution >= 0.6 is 0 Å². The van der Waals surface area contributed by atoms with E-state index in [9.17, 15) is 25.9 Å². The lowest BCUT2D eigenvalue weighted by Gasteiger charge is -2.30. The van der Waals surface area contributed by atoms with Crippen molar-refractivity contribution in [3.05, 3.63) is 42.0 Å². The molecule has 1 aliphatic rings. The molecule has 29 heavy (non-hydrogen) atoms. The molecule has 10 nitrogen and oxygen atoms in total. The van der Waals surface area contributed by atoms with E-state index in [1.165, 1.54) is 0 Å². The number of rotatable bonds is 5. The maximum Gasteiger partial charge on any atom is 0.296 e. The molecular formula is C17H19N3O7S2. The Bertz CT molecular complexity index is 1140. The molecular weight excluding hydrogens is 422 g/mol. The number of hydrogen-bond donors (Lipinski definition) is 2. The van der Waals surface area contributed by atoms with Crippen LogP contribution in [0.4, 0.5) is 17.1 Å². The Morgan fingerprint density at radius 2 is 1.48 bits per heavy atom. The summed E-state index contributed by atoms with van der Waals surface area (Å²) in [5, 5.41) is 7.70. The third kappa shape index (κ3) is 5.16. The van der Waals surface area contributed by atoms with Crippen molar-refractivity contribution in [2.45, 2.75) is 16.7 Å². The van der Waals surface area contributed by atoms with Gasteiger partial charge in [-0.3, -0.25) is 9.11 Å². The smallest absolute Gasteiger partial charge is 0.296 e. The van der Waals surface area contributed by atoms with Gasteiger partial charge in [0.2, 0.25) is 0 Å². The van der Waals surface area contributed by atoms with Crippen molar-refractivity contribution in [3.8, 4) is 0 Å². The van der Waals surface area contributed by atoms with Crippen LogP contribution in [0.5, 0.6) is 0 Å². The van der Waals surface area contributed by atoms with Gasteiger partial charge in [-0.25, -0.2) is 0 Å². The quantitative estimate of drug-likeness (QED) is 0.532.